The van der Waals surface area contributed by atoms with E-state index in [2.05, 4.69) is 37.2 Å². The first-order valence-electron chi connectivity index (χ1n) is 11.0. The average Bonchev–Trinajstić information content (AvgIpc) is 2.83. The Bertz CT molecular complexity index is 1140. The van der Waals surface area contributed by atoms with Crippen LogP contribution in [-0.4, -0.2) is 53.8 Å². The Morgan fingerprint density at radius 2 is 1.72 bits per heavy atom. The standard InChI is InChI=1S/C24H26BrN5O6/c25-16-8-4-5-9-17(16)29-23(34)30-18-12-14(22(33)27-11-10-20(26)31)13-19(21(18)32)36-24(35)28-15-6-2-1-3-7-15/h1-9,12,18-19,21,32H,10-11,13H2,(H2,26,31)(H,27,33)(H,28,35)(H2,29,30,34)/t18-,19-,21-/m1/s1. The topological polar surface area (TPSA) is 172 Å². The van der Waals surface area contributed by atoms with Gasteiger partial charge in [0.25, 0.3) is 0 Å². The summed E-state index contributed by atoms with van der Waals surface area (Å²) in [5.41, 5.74) is 6.24. The van der Waals surface area contributed by atoms with E-state index in [0.29, 0.717) is 15.8 Å². The summed E-state index contributed by atoms with van der Waals surface area (Å²) in [5, 5.41) is 21.2. The van der Waals surface area contributed by atoms with Gasteiger partial charge >= 0.3 is 12.1 Å². The molecular weight excluding hydrogens is 534 g/mol. The molecule has 5 amide bonds. The fraction of sp³-hybridized carbons (Fsp3) is 0.250. The number of hydrogen-bond donors (Lipinski definition) is 6. The first-order chi connectivity index (χ1) is 17.2. The maximum atomic E-state index is 12.7. The highest BCUT2D eigenvalue weighted by Crippen LogP contribution is 2.24. The molecule has 0 fully saturated rings. The van der Waals surface area contributed by atoms with E-state index in [1.807, 2.05) is 0 Å². The number of para-hydroxylation sites is 2. The number of carbonyl (C=O) groups is 4. The Morgan fingerprint density at radius 1 is 1.03 bits per heavy atom. The monoisotopic (exact) mass is 559 g/mol. The van der Waals surface area contributed by atoms with Gasteiger partial charge in [-0.1, -0.05) is 36.4 Å². The minimum atomic E-state index is -1.35. The maximum absolute atomic E-state index is 12.7. The molecule has 0 radical (unpaired) electrons. The van der Waals surface area contributed by atoms with E-state index >= 15 is 0 Å². The summed E-state index contributed by atoms with van der Waals surface area (Å²) in [4.78, 5) is 48.7. The summed E-state index contributed by atoms with van der Waals surface area (Å²) in [6.45, 7) is 0.00862. The fourth-order valence-corrected chi connectivity index (χ4v) is 3.83. The van der Waals surface area contributed by atoms with Gasteiger partial charge in [-0.15, -0.1) is 0 Å². The van der Waals surface area contributed by atoms with Crippen LogP contribution in [0.4, 0.5) is 21.0 Å². The highest BCUT2D eigenvalue weighted by molar-refractivity contribution is 9.10. The number of hydrogen-bond acceptors (Lipinski definition) is 6. The van der Waals surface area contributed by atoms with E-state index in [1.165, 1.54) is 6.08 Å². The molecular formula is C24H26BrN5O6. The van der Waals surface area contributed by atoms with Crippen molar-refractivity contribution in [2.75, 3.05) is 17.2 Å². The maximum Gasteiger partial charge on any atom is 0.411 e. The van der Waals surface area contributed by atoms with Crippen molar-refractivity contribution in [1.29, 1.82) is 0 Å². The van der Waals surface area contributed by atoms with Crippen LogP contribution in [-0.2, 0) is 14.3 Å². The third-order valence-corrected chi connectivity index (χ3v) is 5.89. The van der Waals surface area contributed by atoms with Gasteiger partial charge in [-0.05, 0) is 40.2 Å². The minimum Gasteiger partial charge on any atom is -0.443 e. The smallest absolute Gasteiger partial charge is 0.411 e. The Labute approximate surface area is 215 Å². The van der Waals surface area contributed by atoms with Gasteiger partial charge < -0.3 is 31.5 Å². The summed E-state index contributed by atoms with van der Waals surface area (Å²) >= 11 is 3.33. The molecule has 0 bridgehead atoms. The zero-order valence-corrected chi connectivity index (χ0v) is 20.7. The molecule has 0 aliphatic heterocycles. The van der Waals surface area contributed by atoms with Crippen LogP contribution in [0.3, 0.4) is 0 Å². The van der Waals surface area contributed by atoms with Crippen molar-refractivity contribution in [1.82, 2.24) is 10.6 Å². The third-order valence-electron chi connectivity index (χ3n) is 5.20. The number of rotatable bonds is 8. The van der Waals surface area contributed by atoms with Crippen LogP contribution in [0.2, 0.25) is 0 Å². The van der Waals surface area contributed by atoms with Crippen LogP contribution in [0.25, 0.3) is 0 Å². The third kappa shape index (κ3) is 7.82. The van der Waals surface area contributed by atoms with Crippen molar-refractivity contribution in [2.24, 2.45) is 5.73 Å². The first-order valence-corrected chi connectivity index (χ1v) is 11.8. The van der Waals surface area contributed by atoms with Crippen molar-refractivity contribution < 1.29 is 29.0 Å². The van der Waals surface area contributed by atoms with Crippen LogP contribution in [0.15, 0.2) is 70.7 Å². The van der Waals surface area contributed by atoms with Crippen molar-refractivity contribution >= 4 is 51.2 Å². The molecule has 7 N–H and O–H groups in total. The number of urea groups is 1. The molecule has 1 aliphatic carbocycles. The van der Waals surface area contributed by atoms with Gasteiger partial charge in [0.1, 0.15) is 12.2 Å². The predicted molar refractivity (Wildman–Crippen MR) is 136 cm³/mol. The molecule has 3 rings (SSSR count). The van der Waals surface area contributed by atoms with Crippen molar-refractivity contribution in [3.8, 4) is 0 Å². The molecule has 0 saturated heterocycles. The molecule has 11 nitrogen and oxygen atoms in total. The van der Waals surface area contributed by atoms with Crippen molar-refractivity contribution in [3.63, 3.8) is 0 Å². The van der Waals surface area contributed by atoms with Crippen LogP contribution >= 0.6 is 15.9 Å². The lowest BCUT2D eigenvalue weighted by atomic mass is 9.90. The molecule has 0 unspecified atom stereocenters. The van der Waals surface area contributed by atoms with Crippen LogP contribution in [0, 0.1) is 0 Å². The molecule has 0 heterocycles. The van der Waals surface area contributed by atoms with E-state index in [0.717, 1.165) is 0 Å². The van der Waals surface area contributed by atoms with E-state index in [9.17, 15) is 24.3 Å². The molecule has 2 aromatic rings. The van der Waals surface area contributed by atoms with Crippen LogP contribution < -0.4 is 27.0 Å². The summed E-state index contributed by atoms with van der Waals surface area (Å²) < 4.78 is 6.05. The highest BCUT2D eigenvalue weighted by atomic mass is 79.9. The lowest BCUT2D eigenvalue weighted by Gasteiger charge is -2.33. The average molecular weight is 560 g/mol. The van der Waals surface area contributed by atoms with Gasteiger partial charge in [0, 0.05) is 35.1 Å². The molecule has 0 aromatic heterocycles. The van der Waals surface area contributed by atoms with Gasteiger partial charge in [-0.2, -0.15) is 0 Å². The zero-order chi connectivity index (χ0) is 26.1. The van der Waals surface area contributed by atoms with Gasteiger partial charge in [0.15, 0.2) is 0 Å². The number of halogens is 1. The van der Waals surface area contributed by atoms with Gasteiger partial charge in [0.2, 0.25) is 11.8 Å². The Morgan fingerprint density at radius 3 is 2.42 bits per heavy atom. The zero-order valence-electron chi connectivity index (χ0n) is 19.1. The normalized spacial score (nSPS) is 18.8. The molecule has 0 saturated carbocycles. The minimum absolute atomic E-state index is 0.00862. The lowest BCUT2D eigenvalue weighted by molar-refractivity contribution is -0.119. The number of amides is 5. The first kappa shape index (κ1) is 26.7. The summed E-state index contributed by atoms with van der Waals surface area (Å²) in [5.74, 6) is -1.12. The van der Waals surface area contributed by atoms with Crippen molar-refractivity contribution in [2.45, 2.75) is 31.1 Å². The molecule has 36 heavy (non-hydrogen) atoms. The predicted octanol–water partition coefficient (Wildman–Crippen LogP) is 2.24. The van der Waals surface area contributed by atoms with Crippen molar-refractivity contribution in [3.05, 3.63) is 70.7 Å². The molecule has 0 spiro atoms. The molecule has 190 valence electrons. The van der Waals surface area contributed by atoms with Gasteiger partial charge in [-0.3, -0.25) is 14.9 Å². The number of nitrogens with one attached hydrogen (secondary N) is 4. The van der Waals surface area contributed by atoms with E-state index in [4.69, 9.17) is 10.5 Å². The van der Waals surface area contributed by atoms with E-state index in [-0.39, 0.29) is 25.0 Å². The summed E-state index contributed by atoms with van der Waals surface area (Å²) in [7, 11) is 0. The second kappa shape index (κ2) is 12.7. The molecule has 2 aromatic carbocycles. The quantitative estimate of drug-likeness (QED) is 0.289. The Hall–Kier alpha value is -3.90. The number of carbonyl (C=O) groups excluding carboxylic acids is 4. The SMILES string of the molecule is NC(=O)CCNC(=O)C1=C[C@@H](NC(=O)Nc2ccccc2Br)[C@@H](O)[C@H](OC(=O)Nc2ccccc2)C1. The van der Waals surface area contributed by atoms with Gasteiger partial charge in [0.05, 0.1) is 11.7 Å². The second-order valence-electron chi connectivity index (χ2n) is 7.90. The Balaban J connectivity index is 1.73. The van der Waals surface area contributed by atoms with E-state index in [1.54, 1.807) is 54.6 Å². The number of anilines is 2. The van der Waals surface area contributed by atoms with Crippen LogP contribution in [0.1, 0.15) is 12.8 Å². The number of aliphatic hydroxyl groups excluding tert-OH is 1. The summed E-state index contributed by atoms with van der Waals surface area (Å²) in [6, 6.07) is 13.8. The molecule has 1 aliphatic rings. The largest absolute Gasteiger partial charge is 0.443 e. The molecule has 12 heteroatoms. The second-order valence-corrected chi connectivity index (χ2v) is 8.75. The lowest BCUT2D eigenvalue weighted by Crippen LogP contribution is -2.53. The van der Waals surface area contributed by atoms with Crippen LogP contribution in [0.5, 0.6) is 0 Å². The number of primary amides is 1. The van der Waals surface area contributed by atoms with Gasteiger partial charge in [-0.25, -0.2) is 9.59 Å². The number of nitrogens with two attached hydrogens (primary N) is 1. The number of benzene rings is 2. The van der Waals surface area contributed by atoms with E-state index < -0.39 is 42.2 Å². The number of ether oxygens (including phenoxy) is 1. The summed E-state index contributed by atoms with van der Waals surface area (Å²) in [6.07, 6.45) is -2.12. The number of aliphatic hydroxyl groups is 1. The fourth-order valence-electron chi connectivity index (χ4n) is 3.45. The molecule has 3 atom stereocenters. The highest BCUT2D eigenvalue weighted by Gasteiger charge is 2.37. The Kier molecular flexibility index (Phi) is 9.42.